The molecule has 0 unspecified atom stereocenters. The lowest BCUT2D eigenvalue weighted by molar-refractivity contribution is 0.561. The van der Waals surface area contributed by atoms with E-state index >= 15 is 0 Å². The van der Waals surface area contributed by atoms with Crippen molar-refractivity contribution in [3.8, 4) is 0 Å². The molecule has 0 bridgehead atoms. The number of hydrogen-bond donors (Lipinski definition) is 1. The number of hydrogen-bond acceptors (Lipinski definition) is 1. The molecule has 1 rings (SSSR count). The molecular formula is C12H19N. The molecule has 1 nitrogen and oxygen atoms in total. The SMILES string of the molecule is CCC[C@@H](N)CCc1ccccc1. The molecule has 0 heterocycles. The number of aryl methyl sites for hydroxylation is 1. The molecular weight excluding hydrogens is 158 g/mol. The molecule has 0 aliphatic rings. The molecule has 2 N–H and O–H groups in total. The molecule has 0 saturated heterocycles. The number of rotatable bonds is 5. The number of benzene rings is 1. The summed E-state index contributed by atoms with van der Waals surface area (Å²) in [6, 6.07) is 10.9. The van der Waals surface area contributed by atoms with E-state index in [1.54, 1.807) is 0 Å². The van der Waals surface area contributed by atoms with E-state index in [1.807, 2.05) is 0 Å². The molecule has 0 fully saturated rings. The van der Waals surface area contributed by atoms with Gasteiger partial charge < -0.3 is 5.73 Å². The molecule has 0 spiro atoms. The highest BCUT2D eigenvalue weighted by atomic mass is 14.6. The average molecular weight is 177 g/mol. The van der Waals surface area contributed by atoms with Gasteiger partial charge >= 0.3 is 0 Å². The van der Waals surface area contributed by atoms with Crippen molar-refractivity contribution in [1.82, 2.24) is 0 Å². The van der Waals surface area contributed by atoms with Crippen LogP contribution in [-0.4, -0.2) is 6.04 Å². The van der Waals surface area contributed by atoms with Crippen LogP contribution in [0.5, 0.6) is 0 Å². The maximum atomic E-state index is 5.93. The quantitative estimate of drug-likeness (QED) is 0.735. The molecule has 72 valence electrons. The van der Waals surface area contributed by atoms with Gasteiger partial charge in [-0.1, -0.05) is 43.7 Å². The molecule has 1 atom stereocenters. The van der Waals surface area contributed by atoms with Crippen molar-refractivity contribution < 1.29 is 0 Å². The molecule has 0 radical (unpaired) electrons. The van der Waals surface area contributed by atoms with Crippen LogP contribution in [0.25, 0.3) is 0 Å². The predicted molar refractivity (Wildman–Crippen MR) is 57.6 cm³/mol. The van der Waals surface area contributed by atoms with Crippen LogP contribution in [0.3, 0.4) is 0 Å². The lowest BCUT2D eigenvalue weighted by Crippen LogP contribution is -2.20. The Kier molecular flexibility index (Phi) is 4.55. The van der Waals surface area contributed by atoms with E-state index in [-0.39, 0.29) is 0 Å². The van der Waals surface area contributed by atoms with Gasteiger partial charge in [-0.05, 0) is 24.8 Å². The molecule has 1 heteroatoms. The third-order valence-corrected chi connectivity index (χ3v) is 2.31. The van der Waals surface area contributed by atoms with Crippen LogP contribution in [0.15, 0.2) is 30.3 Å². The predicted octanol–water partition coefficient (Wildman–Crippen LogP) is 2.75. The van der Waals surface area contributed by atoms with Crippen molar-refractivity contribution >= 4 is 0 Å². The van der Waals surface area contributed by atoms with Crippen LogP contribution in [0, 0.1) is 0 Å². The summed E-state index contributed by atoms with van der Waals surface area (Å²) in [7, 11) is 0. The van der Waals surface area contributed by atoms with E-state index in [0.717, 1.165) is 19.3 Å². The van der Waals surface area contributed by atoms with Crippen LogP contribution >= 0.6 is 0 Å². The standard InChI is InChI=1S/C12H19N/c1-2-6-12(13)10-9-11-7-4-3-5-8-11/h3-5,7-8,12H,2,6,9-10,13H2,1H3/t12-/m1/s1. The highest BCUT2D eigenvalue weighted by Gasteiger charge is 2.00. The fraction of sp³-hybridized carbons (Fsp3) is 0.500. The summed E-state index contributed by atoms with van der Waals surface area (Å²) < 4.78 is 0. The number of nitrogens with two attached hydrogens (primary N) is 1. The molecule has 0 aliphatic heterocycles. The Labute approximate surface area is 81.0 Å². The van der Waals surface area contributed by atoms with Crippen molar-refractivity contribution in [1.29, 1.82) is 0 Å². The van der Waals surface area contributed by atoms with E-state index in [2.05, 4.69) is 37.3 Å². The Morgan fingerprint density at radius 1 is 1.15 bits per heavy atom. The summed E-state index contributed by atoms with van der Waals surface area (Å²) in [5.41, 5.74) is 7.33. The van der Waals surface area contributed by atoms with Gasteiger partial charge in [-0.15, -0.1) is 0 Å². The third-order valence-electron chi connectivity index (χ3n) is 2.31. The first-order chi connectivity index (χ1) is 6.33. The molecule has 13 heavy (non-hydrogen) atoms. The van der Waals surface area contributed by atoms with Crippen LogP contribution < -0.4 is 5.73 Å². The Morgan fingerprint density at radius 3 is 2.46 bits per heavy atom. The van der Waals surface area contributed by atoms with Gasteiger partial charge in [-0.2, -0.15) is 0 Å². The van der Waals surface area contributed by atoms with Gasteiger partial charge in [0, 0.05) is 6.04 Å². The Bertz CT molecular complexity index is 218. The zero-order chi connectivity index (χ0) is 9.52. The normalized spacial score (nSPS) is 12.8. The van der Waals surface area contributed by atoms with Gasteiger partial charge in [0.15, 0.2) is 0 Å². The highest BCUT2D eigenvalue weighted by molar-refractivity contribution is 5.14. The molecule has 0 amide bonds. The fourth-order valence-corrected chi connectivity index (χ4v) is 1.51. The maximum Gasteiger partial charge on any atom is 0.00418 e. The topological polar surface area (TPSA) is 26.0 Å². The van der Waals surface area contributed by atoms with Crippen molar-refractivity contribution in [2.45, 2.75) is 38.6 Å². The van der Waals surface area contributed by atoms with Gasteiger partial charge in [0.2, 0.25) is 0 Å². The first kappa shape index (κ1) is 10.3. The van der Waals surface area contributed by atoms with Gasteiger partial charge in [-0.25, -0.2) is 0 Å². The minimum absolute atomic E-state index is 0.380. The second kappa shape index (κ2) is 5.76. The van der Waals surface area contributed by atoms with Crippen molar-refractivity contribution in [3.05, 3.63) is 35.9 Å². The van der Waals surface area contributed by atoms with Crippen molar-refractivity contribution in [2.75, 3.05) is 0 Å². The lowest BCUT2D eigenvalue weighted by Gasteiger charge is -2.09. The van der Waals surface area contributed by atoms with Crippen LogP contribution in [0.2, 0.25) is 0 Å². The first-order valence-electron chi connectivity index (χ1n) is 5.12. The molecule has 0 aromatic heterocycles. The van der Waals surface area contributed by atoms with Crippen LogP contribution in [0.4, 0.5) is 0 Å². The summed E-state index contributed by atoms with van der Waals surface area (Å²) >= 11 is 0. The monoisotopic (exact) mass is 177 g/mol. The summed E-state index contributed by atoms with van der Waals surface area (Å²) in [5, 5.41) is 0. The average Bonchev–Trinajstić information content (AvgIpc) is 2.17. The summed E-state index contributed by atoms with van der Waals surface area (Å²) in [4.78, 5) is 0. The van der Waals surface area contributed by atoms with Gasteiger partial charge in [0.05, 0.1) is 0 Å². The zero-order valence-electron chi connectivity index (χ0n) is 8.37. The summed E-state index contributed by atoms with van der Waals surface area (Å²) in [6.45, 7) is 2.18. The van der Waals surface area contributed by atoms with Crippen LogP contribution in [0.1, 0.15) is 31.7 Å². The molecule has 1 aromatic carbocycles. The summed E-state index contributed by atoms with van der Waals surface area (Å²) in [6.07, 6.45) is 4.56. The fourth-order valence-electron chi connectivity index (χ4n) is 1.51. The van der Waals surface area contributed by atoms with Gasteiger partial charge in [-0.3, -0.25) is 0 Å². The van der Waals surface area contributed by atoms with Crippen molar-refractivity contribution in [3.63, 3.8) is 0 Å². The van der Waals surface area contributed by atoms with Crippen LogP contribution in [-0.2, 0) is 6.42 Å². The lowest BCUT2D eigenvalue weighted by atomic mass is 10.0. The van der Waals surface area contributed by atoms with E-state index in [1.165, 1.54) is 12.0 Å². The Morgan fingerprint density at radius 2 is 1.85 bits per heavy atom. The second-order valence-corrected chi connectivity index (χ2v) is 3.57. The second-order valence-electron chi connectivity index (χ2n) is 3.57. The van der Waals surface area contributed by atoms with E-state index in [0.29, 0.717) is 6.04 Å². The van der Waals surface area contributed by atoms with Gasteiger partial charge in [0.1, 0.15) is 0 Å². The highest BCUT2D eigenvalue weighted by Crippen LogP contribution is 2.06. The minimum atomic E-state index is 0.380. The summed E-state index contributed by atoms with van der Waals surface area (Å²) in [5.74, 6) is 0. The third kappa shape index (κ3) is 4.09. The Balaban J connectivity index is 2.27. The molecule has 0 saturated carbocycles. The van der Waals surface area contributed by atoms with Crippen molar-refractivity contribution in [2.24, 2.45) is 5.73 Å². The maximum absolute atomic E-state index is 5.93. The largest absolute Gasteiger partial charge is 0.328 e. The smallest absolute Gasteiger partial charge is 0.00418 e. The van der Waals surface area contributed by atoms with E-state index < -0.39 is 0 Å². The Hall–Kier alpha value is -0.820. The zero-order valence-corrected chi connectivity index (χ0v) is 8.37. The molecule has 1 aromatic rings. The van der Waals surface area contributed by atoms with E-state index in [4.69, 9.17) is 5.73 Å². The first-order valence-corrected chi connectivity index (χ1v) is 5.12. The molecule has 0 aliphatic carbocycles. The van der Waals surface area contributed by atoms with Gasteiger partial charge in [0.25, 0.3) is 0 Å². The minimum Gasteiger partial charge on any atom is -0.328 e. The van der Waals surface area contributed by atoms with E-state index in [9.17, 15) is 0 Å².